The predicted molar refractivity (Wildman–Crippen MR) is 102 cm³/mol. The Bertz CT molecular complexity index is 711. The lowest BCUT2D eigenvalue weighted by Gasteiger charge is -2.23. The second-order valence-corrected chi connectivity index (χ2v) is 7.25. The summed E-state index contributed by atoms with van der Waals surface area (Å²) in [6.45, 7) is 8.15. The predicted octanol–water partition coefficient (Wildman–Crippen LogP) is 4.76. The van der Waals surface area contributed by atoms with Crippen LogP contribution >= 0.6 is 0 Å². The summed E-state index contributed by atoms with van der Waals surface area (Å²) in [4.78, 5) is 2.48. The average Bonchev–Trinajstić information content (AvgIpc) is 3.25. The van der Waals surface area contributed by atoms with Crippen LogP contribution in [-0.4, -0.2) is 29.8 Å². The quantitative estimate of drug-likeness (QED) is 0.681. The molecule has 1 fully saturated rings. The largest absolute Gasteiger partial charge is 0.493 e. The molecule has 0 unspecified atom stereocenters. The molecule has 5 nitrogen and oxygen atoms in total. The molecule has 0 spiro atoms. The molecule has 0 amide bonds. The number of methoxy groups -OCH3 is 1. The van der Waals surface area contributed by atoms with Crippen molar-refractivity contribution in [2.45, 2.75) is 65.1 Å². The van der Waals surface area contributed by atoms with Crippen LogP contribution in [0.1, 0.15) is 63.1 Å². The van der Waals surface area contributed by atoms with Gasteiger partial charge in [-0.05, 0) is 57.4 Å². The maximum absolute atomic E-state index is 5.82. The van der Waals surface area contributed by atoms with Crippen LogP contribution in [-0.2, 0) is 13.0 Å². The fraction of sp³-hybridized carbons (Fsp3) is 0.571. The molecular weight excluding hydrogens is 328 g/mol. The molecule has 1 aromatic heterocycles. The van der Waals surface area contributed by atoms with Gasteiger partial charge in [-0.3, -0.25) is 4.90 Å². The lowest BCUT2D eigenvalue weighted by atomic mass is 10.1. The van der Waals surface area contributed by atoms with Gasteiger partial charge >= 0.3 is 0 Å². The number of hydrogen-bond donors (Lipinski definition) is 0. The Morgan fingerprint density at radius 1 is 1.27 bits per heavy atom. The van der Waals surface area contributed by atoms with Crippen LogP contribution in [0.15, 0.2) is 28.8 Å². The Hall–Kier alpha value is -2.01. The highest BCUT2D eigenvalue weighted by Crippen LogP contribution is 2.35. The normalized spacial score (nSPS) is 17.8. The van der Waals surface area contributed by atoms with Crippen molar-refractivity contribution in [3.8, 4) is 11.5 Å². The van der Waals surface area contributed by atoms with E-state index in [-0.39, 0.29) is 6.10 Å². The molecule has 1 saturated heterocycles. The topological polar surface area (TPSA) is 47.7 Å². The monoisotopic (exact) mass is 358 g/mol. The number of rotatable bonds is 8. The van der Waals surface area contributed by atoms with Crippen LogP contribution < -0.4 is 9.47 Å². The fourth-order valence-corrected chi connectivity index (χ4v) is 3.60. The molecule has 142 valence electrons. The summed E-state index contributed by atoms with van der Waals surface area (Å²) >= 11 is 0. The van der Waals surface area contributed by atoms with Crippen LogP contribution in [0.4, 0.5) is 0 Å². The van der Waals surface area contributed by atoms with Crippen molar-refractivity contribution in [2.75, 3.05) is 13.7 Å². The van der Waals surface area contributed by atoms with Crippen molar-refractivity contribution in [3.63, 3.8) is 0 Å². The van der Waals surface area contributed by atoms with E-state index in [1.165, 1.54) is 12.0 Å². The van der Waals surface area contributed by atoms with Gasteiger partial charge in [0.15, 0.2) is 11.5 Å². The third kappa shape index (κ3) is 4.39. The van der Waals surface area contributed by atoms with Crippen molar-refractivity contribution in [1.29, 1.82) is 0 Å². The third-order valence-electron chi connectivity index (χ3n) is 4.76. The van der Waals surface area contributed by atoms with Gasteiger partial charge in [0.1, 0.15) is 11.5 Å². The van der Waals surface area contributed by atoms with E-state index in [0.29, 0.717) is 6.04 Å². The first-order valence-electron chi connectivity index (χ1n) is 9.63. The number of benzene rings is 1. The highest BCUT2D eigenvalue weighted by atomic mass is 16.5. The molecule has 1 atom stereocenters. The molecule has 3 rings (SSSR count). The van der Waals surface area contributed by atoms with Crippen LogP contribution in [0.25, 0.3) is 0 Å². The summed E-state index contributed by atoms with van der Waals surface area (Å²) in [6, 6.07) is 8.68. The molecule has 0 bridgehead atoms. The molecule has 0 radical (unpaired) electrons. The zero-order valence-electron chi connectivity index (χ0n) is 16.3. The molecule has 1 aromatic carbocycles. The summed E-state index contributed by atoms with van der Waals surface area (Å²) in [6.07, 6.45) is 4.47. The van der Waals surface area contributed by atoms with E-state index >= 15 is 0 Å². The minimum Gasteiger partial charge on any atom is -0.493 e. The van der Waals surface area contributed by atoms with Gasteiger partial charge in [0.25, 0.3) is 0 Å². The molecule has 2 heterocycles. The molecule has 1 aliphatic heterocycles. The first-order chi connectivity index (χ1) is 12.6. The zero-order valence-corrected chi connectivity index (χ0v) is 16.3. The SMILES string of the molecule is CCCc1cc([C@@H]2CCCN2Cc2ccc(OC(C)C)c(OC)c2)no1. The van der Waals surface area contributed by atoms with Crippen LogP contribution in [0.3, 0.4) is 0 Å². The smallest absolute Gasteiger partial charge is 0.161 e. The van der Waals surface area contributed by atoms with E-state index < -0.39 is 0 Å². The van der Waals surface area contributed by atoms with Gasteiger partial charge in [-0.1, -0.05) is 18.1 Å². The van der Waals surface area contributed by atoms with Gasteiger partial charge in [-0.25, -0.2) is 0 Å². The number of aromatic nitrogens is 1. The summed E-state index contributed by atoms with van der Waals surface area (Å²) in [5.74, 6) is 2.58. The van der Waals surface area contributed by atoms with Crippen molar-refractivity contribution < 1.29 is 14.0 Å². The number of hydrogen-bond acceptors (Lipinski definition) is 5. The summed E-state index contributed by atoms with van der Waals surface area (Å²) in [7, 11) is 1.69. The molecule has 0 N–H and O–H groups in total. The Balaban J connectivity index is 1.72. The van der Waals surface area contributed by atoms with E-state index in [2.05, 4.69) is 35.2 Å². The van der Waals surface area contributed by atoms with Crippen LogP contribution in [0.5, 0.6) is 11.5 Å². The lowest BCUT2D eigenvalue weighted by Crippen LogP contribution is -2.23. The van der Waals surface area contributed by atoms with Gasteiger partial charge in [-0.15, -0.1) is 0 Å². The Morgan fingerprint density at radius 2 is 2.12 bits per heavy atom. The Morgan fingerprint density at radius 3 is 2.85 bits per heavy atom. The molecular formula is C21H30N2O3. The fourth-order valence-electron chi connectivity index (χ4n) is 3.60. The van der Waals surface area contributed by atoms with Gasteiger partial charge < -0.3 is 14.0 Å². The van der Waals surface area contributed by atoms with Gasteiger partial charge in [0.2, 0.25) is 0 Å². The average molecular weight is 358 g/mol. The Labute approximate surface area is 156 Å². The molecule has 5 heteroatoms. The van der Waals surface area contributed by atoms with Crippen molar-refractivity contribution in [3.05, 3.63) is 41.3 Å². The lowest BCUT2D eigenvalue weighted by molar-refractivity contribution is 0.227. The number of likely N-dealkylation sites (tertiary alicyclic amines) is 1. The van der Waals surface area contributed by atoms with E-state index in [1.54, 1.807) is 7.11 Å². The first kappa shape index (κ1) is 18.8. The minimum absolute atomic E-state index is 0.127. The molecule has 1 aliphatic rings. The summed E-state index contributed by atoms with van der Waals surface area (Å²) in [5, 5.41) is 4.33. The van der Waals surface area contributed by atoms with Crippen LogP contribution in [0.2, 0.25) is 0 Å². The van der Waals surface area contributed by atoms with Gasteiger partial charge in [0, 0.05) is 19.0 Å². The molecule has 0 aliphatic carbocycles. The highest BCUT2D eigenvalue weighted by Gasteiger charge is 2.28. The third-order valence-corrected chi connectivity index (χ3v) is 4.76. The van der Waals surface area contributed by atoms with Crippen molar-refractivity contribution in [2.24, 2.45) is 0 Å². The molecule has 0 saturated carbocycles. The molecule has 26 heavy (non-hydrogen) atoms. The second kappa shape index (κ2) is 8.58. The van der Waals surface area contributed by atoms with Crippen LogP contribution in [0, 0.1) is 0 Å². The maximum Gasteiger partial charge on any atom is 0.161 e. The van der Waals surface area contributed by atoms with Crippen molar-refractivity contribution in [1.82, 2.24) is 10.1 Å². The van der Waals surface area contributed by atoms with Gasteiger partial charge in [-0.2, -0.15) is 0 Å². The second-order valence-electron chi connectivity index (χ2n) is 7.25. The molecule has 2 aromatic rings. The van der Waals surface area contributed by atoms with E-state index in [0.717, 1.165) is 55.3 Å². The zero-order chi connectivity index (χ0) is 18.5. The summed E-state index contributed by atoms with van der Waals surface area (Å²) < 4.78 is 16.8. The van der Waals surface area contributed by atoms with E-state index in [4.69, 9.17) is 14.0 Å². The van der Waals surface area contributed by atoms with E-state index in [1.807, 2.05) is 19.9 Å². The number of nitrogens with zero attached hydrogens (tertiary/aromatic N) is 2. The maximum atomic E-state index is 5.82. The number of aryl methyl sites for hydroxylation is 1. The summed E-state index contributed by atoms with van der Waals surface area (Å²) in [5.41, 5.74) is 2.29. The first-order valence-corrected chi connectivity index (χ1v) is 9.63. The van der Waals surface area contributed by atoms with Gasteiger partial charge in [0.05, 0.1) is 19.3 Å². The standard InChI is InChI=1S/C21H30N2O3/c1-5-7-17-13-18(22-26-17)19-8-6-11-23(19)14-16-9-10-20(25-15(2)3)21(12-16)24-4/h9-10,12-13,15,19H,5-8,11,14H2,1-4H3/t19-/m0/s1. The Kier molecular flexibility index (Phi) is 6.20. The number of ether oxygens (including phenoxy) is 2. The van der Waals surface area contributed by atoms with E-state index in [9.17, 15) is 0 Å². The van der Waals surface area contributed by atoms with Crippen molar-refractivity contribution >= 4 is 0 Å². The highest BCUT2D eigenvalue weighted by molar-refractivity contribution is 5.43. The minimum atomic E-state index is 0.127.